The Morgan fingerprint density at radius 3 is 2.28 bits per heavy atom. The molecule has 9 aromatic rings. The molecule has 0 aliphatic rings. The molecule has 8 heteroatoms. The van der Waals surface area contributed by atoms with Gasteiger partial charge in [-0.15, -0.1) is 18.2 Å². The van der Waals surface area contributed by atoms with Gasteiger partial charge in [0.25, 0.3) is 0 Å². The maximum absolute atomic E-state index is 13.8. The molecule has 9 rings (SSSR count). The first-order chi connectivity index (χ1) is 25.9. The summed E-state index contributed by atoms with van der Waals surface area (Å²) >= 11 is -2.03. The molecule has 0 saturated carbocycles. The van der Waals surface area contributed by atoms with Gasteiger partial charge in [0.15, 0.2) is 0 Å². The molecule has 0 bridgehead atoms. The Bertz CT molecular complexity index is 2790. The molecule has 5 aromatic carbocycles. The van der Waals surface area contributed by atoms with Crippen LogP contribution in [0.25, 0.3) is 66.5 Å². The quantitative estimate of drug-likeness (QED) is 0.0947. The Balaban J connectivity index is 0.000000191. The first-order valence-corrected chi connectivity index (χ1v) is 25.1. The topological polar surface area (TPSA) is 56.7 Å². The van der Waals surface area contributed by atoms with E-state index in [4.69, 9.17) is 10.8 Å². The molecule has 0 fully saturated rings. The summed E-state index contributed by atoms with van der Waals surface area (Å²) < 4.78 is 31.8. The number of hydrogen-bond acceptors (Lipinski definition) is 4. The number of benzene rings is 5. The second-order valence-electron chi connectivity index (χ2n) is 14.5. The third-order valence-corrected chi connectivity index (χ3v) is 13.7. The summed E-state index contributed by atoms with van der Waals surface area (Å²) in [6, 6.07) is 46.2. The number of pyridine rings is 2. The van der Waals surface area contributed by atoms with Gasteiger partial charge in [0.1, 0.15) is 0 Å². The number of imidazole rings is 1. The second-order valence-corrected chi connectivity index (χ2v) is 25.1. The third kappa shape index (κ3) is 7.41. The molecule has 0 spiro atoms. The van der Waals surface area contributed by atoms with Crippen molar-refractivity contribution in [3.05, 3.63) is 157 Å². The molecule has 1 radical (unpaired) electrons. The van der Waals surface area contributed by atoms with Crippen LogP contribution in [0.2, 0.25) is 17.3 Å². The Kier molecular flexibility index (Phi) is 10.3. The molecule has 271 valence electrons. The maximum atomic E-state index is 13.8. The van der Waals surface area contributed by atoms with E-state index in [2.05, 4.69) is 86.4 Å². The normalized spacial score (nSPS) is 12.1. The van der Waals surface area contributed by atoms with Gasteiger partial charge in [0.2, 0.25) is 11.7 Å². The van der Waals surface area contributed by atoms with Crippen molar-refractivity contribution in [1.82, 2.24) is 19.5 Å². The molecule has 0 N–H and O–H groups in total. The summed E-state index contributed by atoms with van der Waals surface area (Å²) in [4.78, 5) is 13.6. The van der Waals surface area contributed by atoms with E-state index < -0.39 is 25.1 Å². The van der Waals surface area contributed by atoms with Crippen molar-refractivity contribution < 1.29 is 30.3 Å². The van der Waals surface area contributed by atoms with Crippen molar-refractivity contribution in [3.8, 4) is 22.6 Å². The van der Waals surface area contributed by atoms with E-state index in [1.165, 1.54) is 10.5 Å². The van der Waals surface area contributed by atoms with Gasteiger partial charge in [-0.3, -0.25) is 4.98 Å². The monoisotopic (exact) mass is 950 g/mol. The number of hydrogen-bond donors (Lipinski definition) is 0. The van der Waals surface area contributed by atoms with E-state index in [0.717, 1.165) is 66.4 Å². The summed E-state index contributed by atoms with van der Waals surface area (Å²) in [5, 5.41) is 3.92. The van der Waals surface area contributed by atoms with E-state index in [1.54, 1.807) is 6.07 Å². The summed E-state index contributed by atoms with van der Waals surface area (Å²) in [6.07, 6.45) is 2.00. The Morgan fingerprint density at radius 1 is 0.815 bits per heavy atom. The van der Waals surface area contributed by atoms with Crippen LogP contribution in [-0.2, 0) is 26.7 Å². The number of nitrogens with zero attached hydrogens (tertiary/aromatic N) is 4. The first kappa shape index (κ1) is 36.0. The summed E-state index contributed by atoms with van der Waals surface area (Å²) in [5.74, 6) is 6.63. The molecule has 0 aliphatic carbocycles. The molecule has 0 amide bonds. The molecule has 0 unspecified atom stereocenters. The number of aromatic nitrogens is 4. The minimum absolute atomic E-state index is 0. The van der Waals surface area contributed by atoms with Crippen LogP contribution in [0, 0.1) is 18.1 Å². The van der Waals surface area contributed by atoms with Gasteiger partial charge >= 0.3 is 120 Å². The largest absolute Gasteiger partial charge is 0 e. The standard InChI is InChI=1S/C29H17FN3O.C17H22GeN.Ir/c30-26-14-13-22-21-11-6-12-23(27(21)34-29(22)32-26)28-31-24-15-19-9-4-5-10-20(19)16-25(24)33(28)17-18-7-2-1-3-8-18;1-13(2)15-11-17(14-9-7-6-8-10-14)19-12-16(15)18(3,4)5;/h1-11,13-16H,17H2;6-9,11-13H,1-5H3;/q2*-1;/i;13D;. The van der Waals surface area contributed by atoms with Gasteiger partial charge in [-0.25, -0.2) is 0 Å². The van der Waals surface area contributed by atoms with Crippen LogP contribution in [0.5, 0.6) is 0 Å². The molecule has 0 atom stereocenters. The zero-order valence-electron chi connectivity index (χ0n) is 31.7. The van der Waals surface area contributed by atoms with E-state index in [-0.39, 0.29) is 25.8 Å². The maximum Gasteiger partial charge on any atom is 0 e. The van der Waals surface area contributed by atoms with Gasteiger partial charge in [-0.2, -0.15) is 9.37 Å². The van der Waals surface area contributed by atoms with Crippen molar-refractivity contribution in [2.45, 2.75) is 43.6 Å². The van der Waals surface area contributed by atoms with Gasteiger partial charge in [-0.05, 0) is 40.6 Å². The fourth-order valence-electron chi connectivity index (χ4n) is 6.86. The second kappa shape index (κ2) is 15.4. The Morgan fingerprint density at radius 2 is 1.56 bits per heavy atom. The van der Waals surface area contributed by atoms with Crippen LogP contribution in [0.4, 0.5) is 4.39 Å². The van der Waals surface area contributed by atoms with Crippen molar-refractivity contribution in [1.29, 1.82) is 0 Å². The van der Waals surface area contributed by atoms with Crippen molar-refractivity contribution in [3.63, 3.8) is 0 Å². The van der Waals surface area contributed by atoms with Crippen molar-refractivity contribution in [2.24, 2.45) is 0 Å². The van der Waals surface area contributed by atoms with Crippen LogP contribution in [0.3, 0.4) is 0 Å². The number of furan rings is 1. The molecule has 5 nitrogen and oxygen atoms in total. The fraction of sp³-hybridized carbons (Fsp3) is 0.152. The van der Waals surface area contributed by atoms with Crippen molar-refractivity contribution in [2.75, 3.05) is 0 Å². The van der Waals surface area contributed by atoms with Gasteiger partial charge < -0.3 is 8.98 Å². The van der Waals surface area contributed by atoms with E-state index in [1.807, 2.05) is 86.8 Å². The molecule has 54 heavy (non-hydrogen) atoms. The molecular weight excluding hydrogens is 908 g/mol. The predicted molar refractivity (Wildman–Crippen MR) is 218 cm³/mol. The van der Waals surface area contributed by atoms with Gasteiger partial charge in [0, 0.05) is 32.0 Å². The molecular formula is C46H39FGeIrN4O-2. The molecule has 0 aliphatic heterocycles. The van der Waals surface area contributed by atoms with Crippen LogP contribution >= 0.6 is 0 Å². The average Bonchev–Trinajstić information content (AvgIpc) is 3.71. The van der Waals surface area contributed by atoms with E-state index in [9.17, 15) is 4.39 Å². The zero-order chi connectivity index (χ0) is 37.6. The van der Waals surface area contributed by atoms with Crippen LogP contribution in [-0.4, -0.2) is 32.8 Å². The summed E-state index contributed by atoms with van der Waals surface area (Å²) in [5.41, 5.74) is 7.72. The van der Waals surface area contributed by atoms with Crippen LogP contribution in [0.1, 0.15) is 32.2 Å². The number of halogens is 1. The Labute approximate surface area is 332 Å². The zero-order valence-corrected chi connectivity index (χ0v) is 35.2. The number of rotatable bonds is 6. The SMILES string of the molecule is Fc1ccc2c(n1)oc1c(-c3nc4cc5ccccc5cc4n3Cc3ccccc3)[c-]ccc12.[2H]C(C)(C)c1cc(-c2[c-]cccc2)nc[c]1[Ge]([CH3])([CH3])[CH3].[Ir]. The summed E-state index contributed by atoms with van der Waals surface area (Å²) in [7, 11) is 0. The number of fused-ring (bicyclic) bond motifs is 5. The molecule has 4 aromatic heterocycles. The van der Waals surface area contributed by atoms with Gasteiger partial charge in [0.05, 0.1) is 22.4 Å². The van der Waals surface area contributed by atoms with Gasteiger partial charge in [-0.1, -0.05) is 65.5 Å². The predicted octanol–water partition coefficient (Wildman–Crippen LogP) is 11.4. The first-order valence-electron chi connectivity index (χ1n) is 18.2. The minimum atomic E-state index is -2.03. The van der Waals surface area contributed by atoms with E-state index >= 15 is 0 Å². The Hall–Kier alpha value is -4.95. The van der Waals surface area contributed by atoms with E-state index in [0.29, 0.717) is 12.1 Å². The minimum Gasteiger partial charge on any atom is 0 e. The summed E-state index contributed by atoms with van der Waals surface area (Å²) in [6.45, 7) is 4.55. The van der Waals surface area contributed by atoms with Crippen LogP contribution < -0.4 is 4.40 Å². The van der Waals surface area contributed by atoms with Crippen LogP contribution in [0.15, 0.2) is 132 Å². The smallest absolute Gasteiger partial charge is 0 e. The van der Waals surface area contributed by atoms with Crippen molar-refractivity contribution >= 4 is 61.5 Å². The molecule has 4 heterocycles. The molecule has 0 saturated heterocycles. The third-order valence-electron chi connectivity index (χ3n) is 9.52. The average molecular weight is 949 g/mol. The fourth-order valence-corrected chi connectivity index (χ4v) is 10.2.